The van der Waals surface area contributed by atoms with Gasteiger partial charge in [-0.2, -0.15) is 0 Å². The molecule has 0 N–H and O–H groups in total. The lowest BCUT2D eigenvalue weighted by atomic mass is 10.2. The number of hydrogen-bond acceptors (Lipinski definition) is 2. The van der Waals surface area contributed by atoms with Crippen LogP contribution in [0.3, 0.4) is 0 Å². The molecular formula is C14H21Cl2N3O. The summed E-state index contributed by atoms with van der Waals surface area (Å²) in [6.45, 7) is 1.62. The van der Waals surface area contributed by atoms with E-state index in [0.29, 0.717) is 29.8 Å². The predicted molar refractivity (Wildman–Crippen MR) is 85.8 cm³/mol. The molecule has 0 bridgehead atoms. The van der Waals surface area contributed by atoms with E-state index in [1.807, 2.05) is 44.1 Å². The molecule has 0 saturated heterocycles. The van der Waals surface area contributed by atoms with E-state index < -0.39 is 0 Å². The van der Waals surface area contributed by atoms with Crippen molar-refractivity contribution < 1.29 is 4.74 Å². The van der Waals surface area contributed by atoms with Crippen molar-refractivity contribution in [2.45, 2.75) is 6.61 Å². The van der Waals surface area contributed by atoms with Crippen LogP contribution in [-0.4, -0.2) is 57.1 Å². The van der Waals surface area contributed by atoms with E-state index >= 15 is 0 Å². The Kier molecular flexibility index (Phi) is 7.13. The summed E-state index contributed by atoms with van der Waals surface area (Å²) in [7, 11) is 7.86. The Morgan fingerprint density at radius 1 is 1.15 bits per heavy atom. The van der Waals surface area contributed by atoms with Crippen LogP contribution in [0.1, 0.15) is 5.56 Å². The Balaban J connectivity index is 2.40. The molecule has 0 amide bonds. The lowest BCUT2D eigenvalue weighted by Crippen LogP contribution is -2.35. The van der Waals surface area contributed by atoms with Crippen LogP contribution in [0.4, 0.5) is 0 Å². The molecule has 0 fully saturated rings. The number of aliphatic imine (C=N–C) groups is 1. The molecule has 0 aliphatic rings. The molecule has 112 valence electrons. The van der Waals surface area contributed by atoms with Gasteiger partial charge in [-0.25, -0.2) is 0 Å². The molecule has 20 heavy (non-hydrogen) atoms. The zero-order valence-corrected chi connectivity index (χ0v) is 13.9. The van der Waals surface area contributed by atoms with Crippen molar-refractivity contribution in [2.75, 3.05) is 41.3 Å². The first-order valence-corrected chi connectivity index (χ1v) is 7.08. The zero-order chi connectivity index (χ0) is 15.1. The van der Waals surface area contributed by atoms with E-state index in [-0.39, 0.29) is 0 Å². The highest BCUT2D eigenvalue weighted by Crippen LogP contribution is 2.21. The van der Waals surface area contributed by atoms with Gasteiger partial charge in [0.25, 0.3) is 0 Å². The Morgan fingerprint density at radius 3 is 2.35 bits per heavy atom. The van der Waals surface area contributed by atoms with Crippen molar-refractivity contribution in [1.82, 2.24) is 9.80 Å². The maximum atomic E-state index is 6.07. The van der Waals surface area contributed by atoms with Crippen molar-refractivity contribution in [2.24, 2.45) is 4.99 Å². The van der Waals surface area contributed by atoms with E-state index in [2.05, 4.69) is 4.99 Å². The van der Waals surface area contributed by atoms with Gasteiger partial charge in [0.2, 0.25) is 0 Å². The van der Waals surface area contributed by atoms with E-state index in [0.717, 1.165) is 11.5 Å². The average molecular weight is 318 g/mol. The minimum Gasteiger partial charge on any atom is -0.375 e. The first kappa shape index (κ1) is 17.1. The van der Waals surface area contributed by atoms with Gasteiger partial charge < -0.3 is 14.5 Å². The molecular weight excluding hydrogens is 297 g/mol. The number of hydrogen-bond donors (Lipinski definition) is 0. The molecule has 1 rings (SSSR count). The highest BCUT2D eigenvalue weighted by Gasteiger charge is 2.04. The summed E-state index contributed by atoms with van der Waals surface area (Å²) < 4.78 is 5.58. The van der Waals surface area contributed by atoms with Crippen molar-refractivity contribution in [3.8, 4) is 0 Å². The van der Waals surface area contributed by atoms with Gasteiger partial charge in [-0.05, 0) is 17.7 Å². The van der Waals surface area contributed by atoms with Gasteiger partial charge in [-0.3, -0.25) is 4.99 Å². The quantitative estimate of drug-likeness (QED) is 0.475. The van der Waals surface area contributed by atoms with Gasteiger partial charge in [-0.15, -0.1) is 0 Å². The van der Waals surface area contributed by atoms with Gasteiger partial charge in [0, 0.05) is 38.2 Å². The first-order valence-electron chi connectivity index (χ1n) is 6.32. The van der Waals surface area contributed by atoms with Crippen molar-refractivity contribution in [1.29, 1.82) is 0 Å². The second-order valence-electron chi connectivity index (χ2n) is 4.76. The van der Waals surface area contributed by atoms with Crippen LogP contribution in [-0.2, 0) is 11.3 Å². The fourth-order valence-electron chi connectivity index (χ4n) is 1.71. The Labute approximate surface area is 130 Å². The summed E-state index contributed by atoms with van der Waals surface area (Å²) in [5.41, 5.74) is 0.931. The molecule has 0 spiro atoms. The molecule has 0 unspecified atom stereocenters. The second kappa shape index (κ2) is 8.35. The Morgan fingerprint density at radius 2 is 1.80 bits per heavy atom. The number of benzene rings is 1. The topological polar surface area (TPSA) is 28.1 Å². The number of rotatable bonds is 5. The van der Waals surface area contributed by atoms with E-state index in [1.165, 1.54) is 0 Å². The van der Waals surface area contributed by atoms with E-state index in [9.17, 15) is 0 Å². The Hall–Kier alpha value is -0.970. The molecule has 0 heterocycles. The second-order valence-corrected chi connectivity index (χ2v) is 5.60. The third-order valence-electron chi connectivity index (χ3n) is 2.56. The molecule has 0 saturated carbocycles. The summed E-state index contributed by atoms with van der Waals surface area (Å²) in [4.78, 5) is 8.42. The molecule has 0 radical (unpaired) electrons. The zero-order valence-electron chi connectivity index (χ0n) is 12.4. The van der Waals surface area contributed by atoms with Crippen LogP contribution >= 0.6 is 23.2 Å². The molecule has 0 atom stereocenters. The molecule has 1 aromatic carbocycles. The maximum Gasteiger partial charge on any atom is 0.195 e. The molecule has 0 aromatic heterocycles. The van der Waals surface area contributed by atoms with Crippen molar-refractivity contribution in [3.63, 3.8) is 0 Å². The smallest absolute Gasteiger partial charge is 0.195 e. The third-order valence-corrected chi connectivity index (χ3v) is 3.15. The summed E-state index contributed by atoms with van der Waals surface area (Å²) in [6.07, 6.45) is 0. The molecule has 6 heteroatoms. The van der Waals surface area contributed by atoms with Crippen LogP contribution in [0.5, 0.6) is 0 Å². The fourth-order valence-corrected chi connectivity index (χ4v) is 2.18. The molecule has 0 aliphatic heterocycles. The lowest BCUT2D eigenvalue weighted by Gasteiger charge is -2.22. The predicted octanol–water partition coefficient (Wildman–Crippen LogP) is 2.99. The summed E-state index contributed by atoms with van der Waals surface area (Å²) in [5, 5.41) is 1.26. The van der Waals surface area contributed by atoms with E-state index in [1.54, 1.807) is 12.1 Å². The van der Waals surface area contributed by atoms with Crippen LogP contribution in [0.2, 0.25) is 10.0 Å². The maximum absolute atomic E-state index is 6.07. The van der Waals surface area contributed by atoms with Gasteiger partial charge >= 0.3 is 0 Å². The Bertz CT molecular complexity index is 452. The van der Waals surface area contributed by atoms with E-state index in [4.69, 9.17) is 27.9 Å². The SMILES string of the molecule is CN(C)C(=NCCOCc1ccc(Cl)cc1Cl)N(C)C. The van der Waals surface area contributed by atoms with Crippen LogP contribution in [0.15, 0.2) is 23.2 Å². The molecule has 4 nitrogen and oxygen atoms in total. The van der Waals surface area contributed by atoms with Gasteiger partial charge in [0.15, 0.2) is 5.96 Å². The largest absolute Gasteiger partial charge is 0.375 e. The number of halogens is 2. The van der Waals surface area contributed by atoms with Crippen LogP contribution < -0.4 is 0 Å². The first-order chi connectivity index (χ1) is 9.41. The number of guanidine groups is 1. The lowest BCUT2D eigenvalue weighted by molar-refractivity contribution is 0.128. The van der Waals surface area contributed by atoms with Crippen LogP contribution in [0, 0.1) is 0 Å². The van der Waals surface area contributed by atoms with Crippen LogP contribution in [0.25, 0.3) is 0 Å². The monoisotopic (exact) mass is 317 g/mol. The summed E-state index contributed by atoms with van der Waals surface area (Å²) in [6, 6.07) is 5.40. The fraction of sp³-hybridized carbons (Fsp3) is 0.500. The normalized spacial score (nSPS) is 10.3. The number of nitrogens with zero attached hydrogens (tertiary/aromatic N) is 3. The third kappa shape index (κ3) is 5.57. The summed E-state index contributed by atoms with van der Waals surface area (Å²) >= 11 is 11.9. The van der Waals surface area contributed by atoms with Crippen molar-refractivity contribution in [3.05, 3.63) is 33.8 Å². The highest BCUT2D eigenvalue weighted by atomic mass is 35.5. The standard InChI is InChI=1S/C14H21Cl2N3O/c1-18(2)14(19(3)4)17-7-8-20-10-11-5-6-12(15)9-13(11)16/h5-6,9H,7-8,10H2,1-4H3. The average Bonchev–Trinajstić information content (AvgIpc) is 2.34. The minimum atomic E-state index is 0.463. The molecule has 1 aromatic rings. The van der Waals surface area contributed by atoms with Gasteiger partial charge in [0.05, 0.1) is 19.8 Å². The summed E-state index contributed by atoms with van der Waals surface area (Å²) in [5.74, 6) is 0.915. The van der Waals surface area contributed by atoms with Crippen molar-refractivity contribution >= 4 is 29.2 Å². The minimum absolute atomic E-state index is 0.463. The van der Waals surface area contributed by atoms with Gasteiger partial charge in [0.1, 0.15) is 0 Å². The van der Waals surface area contributed by atoms with Gasteiger partial charge in [-0.1, -0.05) is 29.3 Å². The highest BCUT2D eigenvalue weighted by molar-refractivity contribution is 6.35. The number of ether oxygens (including phenoxy) is 1. The molecule has 0 aliphatic carbocycles.